The lowest BCUT2D eigenvalue weighted by Crippen LogP contribution is -2.03. The molecule has 7 nitrogen and oxygen atoms in total. The molecule has 0 aliphatic carbocycles. The Hall–Kier alpha value is -1.64. The minimum Gasteiger partial charge on any atom is -0.311 e. The molecule has 0 atom stereocenters. The topological polar surface area (TPSA) is 64.6 Å². The molecule has 0 spiro atoms. The van der Waals surface area contributed by atoms with Gasteiger partial charge in [-0.25, -0.2) is 0 Å². The summed E-state index contributed by atoms with van der Waals surface area (Å²) >= 11 is 0. The summed E-state index contributed by atoms with van der Waals surface area (Å²) < 4.78 is 0. The van der Waals surface area contributed by atoms with Crippen LogP contribution in [0.4, 0.5) is 0 Å². The first-order valence-corrected chi connectivity index (χ1v) is 8.23. The molecule has 0 fully saturated rings. The van der Waals surface area contributed by atoms with E-state index in [1.807, 2.05) is 6.07 Å². The molecule has 0 saturated carbocycles. The molecule has 0 amide bonds. The van der Waals surface area contributed by atoms with Crippen LogP contribution < -0.4 is 4.89 Å². The van der Waals surface area contributed by atoms with Gasteiger partial charge in [-0.15, -0.1) is 0 Å². The molecule has 0 bridgehead atoms. The van der Waals surface area contributed by atoms with Crippen LogP contribution >= 0.6 is 0 Å². The Morgan fingerprint density at radius 2 is 1.42 bits per heavy atom. The fourth-order valence-electron chi connectivity index (χ4n) is 1.95. The van der Waals surface area contributed by atoms with E-state index in [0.29, 0.717) is 17.9 Å². The van der Waals surface area contributed by atoms with Crippen LogP contribution in [0.5, 0.6) is 5.75 Å². The van der Waals surface area contributed by atoms with Crippen LogP contribution in [-0.4, -0.2) is 0 Å². The van der Waals surface area contributed by atoms with Crippen molar-refractivity contribution in [3.05, 3.63) is 42.7 Å². The smallest absolute Gasteiger partial charge is 0.168 e. The highest BCUT2D eigenvalue weighted by molar-refractivity contribution is 5.19. The third-order valence-corrected chi connectivity index (χ3v) is 3.20. The Balaban J connectivity index is 1.82. The van der Waals surface area contributed by atoms with Crippen molar-refractivity contribution in [2.45, 2.75) is 58.3 Å². The zero-order chi connectivity index (χ0) is 17.3. The Morgan fingerprint density at radius 1 is 0.792 bits per heavy atom. The van der Waals surface area contributed by atoms with E-state index in [1.165, 1.54) is 32.1 Å². The van der Waals surface area contributed by atoms with Crippen LogP contribution in [0.25, 0.3) is 0 Å². The van der Waals surface area contributed by atoms with Gasteiger partial charge in [0, 0.05) is 31.6 Å². The first kappa shape index (κ1) is 20.4. The van der Waals surface area contributed by atoms with E-state index in [1.54, 1.807) is 24.3 Å². The van der Waals surface area contributed by atoms with Gasteiger partial charge in [0.25, 0.3) is 0 Å². The van der Waals surface area contributed by atoms with E-state index in [4.69, 9.17) is 9.78 Å². The summed E-state index contributed by atoms with van der Waals surface area (Å²) in [5.74, 6) is 0.870. The third-order valence-electron chi connectivity index (χ3n) is 3.20. The Morgan fingerprint density at radius 3 is 2.17 bits per heavy atom. The number of hydrogen-bond donors (Lipinski definition) is 0. The molecule has 136 valence electrons. The van der Waals surface area contributed by atoms with Crippen molar-refractivity contribution < 1.29 is 35.0 Å². The SMILES string of the molecule is C=C(CCCCCCCCC)OOOOOOOc1ccccc1. The van der Waals surface area contributed by atoms with E-state index < -0.39 is 0 Å². The predicted octanol–water partition coefficient (Wildman–Crippen LogP) is 5.31. The number of allylic oxidation sites excluding steroid dienone is 1. The quantitative estimate of drug-likeness (QED) is 0.174. The third kappa shape index (κ3) is 11.9. The zero-order valence-electron chi connectivity index (χ0n) is 14.1. The van der Waals surface area contributed by atoms with Crippen LogP contribution in [0.2, 0.25) is 0 Å². The van der Waals surface area contributed by atoms with Crippen molar-refractivity contribution in [2.24, 2.45) is 0 Å². The summed E-state index contributed by atoms with van der Waals surface area (Å²) in [4.78, 5) is 9.43. The molecule has 24 heavy (non-hydrogen) atoms. The van der Waals surface area contributed by atoms with Crippen LogP contribution in [0.1, 0.15) is 58.3 Å². The molecular weight excluding hydrogens is 316 g/mol. The van der Waals surface area contributed by atoms with Crippen molar-refractivity contribution in [1.29, 1.82) is 0 Å². The summed E-state index contributed by atoms with van der Waals surface area (Å²) in [5.41, 5.74) is 0. The number of para-hydroxylation sites is 1. The van der Waals surface area contributed by atoms with E-state index in [-0.39, 0.29) is 0 Å². The predicted molar refractivity (Wildman–Crippen MR) is 85.3 cm³/mol. The molecule has 0 aliphatic heterocycles. The summed E-state index contributed by atoms with van der Waals surface area (Å²) in [6, 6.07) is 8.70. The van der Waals surface area contributed by atoms with Crippen molar-refractivity contribution in [1.82, 2.24) is 0 Å². The average molecular weight is 342 g/mol. The van der Waals surface area contributed by atoms with Gasteiger partial charge in [0.15, 0.2) is 5.75 Å². The molecule has 1 aromatic carbocycles. The molecule has 7 heteroatoms. The summed E-state index contributed by atoms with van der Waals surface area (Å²) in [5, 5.41) is 20.8. The van der Waals surface area contributed by atoms with E-state index in [9.17, 15) is 0 Å². The maximum Gasteiger partial charge on any atom is 0.168 e. The molecule has 0 heterocycles. The molecule has 0 unspecified atom stereocenters. The van der Waals surface area contributed by atoms with E-state index in [2.05, 4.69) is 38.7 Å². The highest BCUT2D eigenvalue weighted by atomic mass is 17.9. The normalized spacial score (nSPS) is 10.5. The summed E-state index contributed by atoms with van der Waals surface area (Å²) in [6.45, 7) is 5.90. The van der Waals surface area contributed by atoms with Crippen molar-refractivity contribution in [2.75, 3.05) is 0 Å². The van der Waals surface area contributed by atoms with Gasteiger partial charge in [-0.05, 0) is 18.6 Å². The first-order valence-electron chi connectivity index (χ1n) is 8.23. The van der Waals surface area contributed by atoms with Crippen molar-refractivity contribution in [3.63, 3.8) is 0 Å². The van der Waals surface area contributed by atoms with E-state index in [0.717, 1.165) is 12.8 Å². The molecule has 1 rings (SSSR count). The fourth-order valence-corrected chi connectivity index (χ4v) is 1.95. The number of benzene rings is 1. The molecule has 0 aromatic heterocycles. The van der Waals surface area contributed by atoms with Gasteiger partial charge in [0.05, 0.1) is 0 Å². The second kappa shape index (κ2) is 14.9. The first-order chi connectivity index (χ1) is 11.8. The standard InChI is InChI=1S/C17H26O7/c1-3-4-5-6-7-8-10-13-16(2)18-20-22-24-23-21-19-17-14-11-9-12-15-17/h9,11-12,14-15H,2-8,10,13H2,1H3. The maximum atomic E-state index is 4.73. The Labute approximate surface area is 142 Å². The van der Waals surface area contributed by atoms with Gasteiger partial charge in [-0.1, -0.05) is 70.2 Å². The summed E-state index contributed by atoms with van der Waals surface area (Å²) in [7, 11) is 0. The molecule has 0 aliphatic rings. The van der Waals surface area contributed by atoms with Gasteiger partial charge >= 0.3 is 0 Å². The second-order valence-corrected chi connectivity index (χ2v) is 5.23. The van der Waals surface area contributed by atoms with Gasteiger partial charge in [0.2, 0.25) is 0 Å². The molecule has 1 aromatic rings. The lowest BCUT2D eigenvalue weighted by Gasteiger charge is -2.05. The monoisotopic (exact) mass is 342 g/mol. The van der Waals surface area contributed by atoms with E-state index >= 15 is 0 Å². The highest BCUT2D eigenvalue weighted by Crippen LogP contribution is 2.12. The largest absolute Gasteiger partial charge is 0.311 e. The number of hydrogen-bond acceptors (Lipinski definition) is 7. The minimum atomic E-state index is 0.432. The number of unbranched alkanes of at least 4 members (excludes halogenated alkanes) is 6. The average Bonchev–Trinajstić information content (AvgIpc) is 2.61. The maximum absolute atomic E-state index is 4.73. The summed E-state index contributed by atoms with van der Waals surface area (Å²) in [6.07, 6.45) is 9.18. The second-order valence-electron chi connectivity index (χ2n) is 5.23. The lowest BCUT2D eigenvalue weighted by molar-refractivity contribution is -0.779. The van der Waals surface area contributed by atoms with Gasteiger partial charge < -0.3 is 9.78 Å². The Bertz CT molecular complexity index is 411. The van der Waals surface area contributed by atoms with Gasteiger partial charge in [-0.2, -0.15) is 0 Å². The highest BCUT2D eigenvalue weighted by Gasteiger charge is 2.00. The van der Waals surface area contributed by atoms with Crippen molar-refractivity contribution >= 4 is 0 Å². The molecule has 0 saturated heterocycles. The molecule has 0 N–H and O–H groups in total. The fraction of sp³-hybridized carbons (Fsp3) is 0.529. The minimum absolute atomic E-state index is 0.432. The Kier molecular flexibility index (Phi) is 12.7. The molecular formula is C17H26O7. The lowest BCUT2D eigenvalue weighted by atomic mass is 10.1. The van der Waals surface area contributed by atoms with Crippen LogP contribution in [0.15, 0.2) is 42.7 Å². The van der Waals surface area contributed by atoms with Crippen LogP contribution in [0, 0.1) is 0 Å². The van der Waals surface area contributed by atoms with Crippen molar-refractivity contribution in [3.8, 4) is 5.75 Å². The van der Waals surface area contributed by atoms with Gasteiger partial charge in [0.1, 0.15) is 5.76 Å². The molecule has 0 radical (unpaired) electrons. The number of rotatable bonds is 16. The van der Waals surface area contributed by atoms with Gasteiger partial charge in [-0.3, -0.25) is 0 Å². The zero-order valence-corrected chi connectivity index (χ0v) is 14.1. The van der Waals surface area contributed by atoms with Crippen LogP contribution in [-0.2, 0) is 30.1 Å². The van der Waals surface area contributed by atoms with Crippen LogP contribution in [0.3, 0.4) is 0 Å².